The summed E-state index contributed by atoms with van der Waals surface area (Å²) in [5.74, 6) is -5.87. The molecule has 0 aliphatic rings. The lowest BCUT2D eigenvalue weighted by molar-refractivity contribution is -0.141. The van der Waals surface area contributed by atoms with E-state index in [2.05, 4.69) is 0 Å². The third-order valence-corrected chi connectivity index (χ3v) is 2.89. The van der Waals surface area contributed by atoms with Crippen LogP contribution in [0.15, 0.2) is 0 Å². The van der Waals surface area contributed by atoms with Crippen LogP contribution in [0.4, 0.5) is 8.78 Å². The van der Waals surface area contributed by atoms with Crippen molar-refractivity contribution in [1.82, 2.24) is 4.72 Å². The van der Waals surface area contributed by atoms with Gasteiger partial charge >= 0.3 is 11.7 Å². The molecule has 0 fully saturated rings. The number of rotatable bonds is 5. The van der Waals surface area contributed by atoms with E-state index in [-0.39, 0.29) is 0 Å². The van der Waals surface area contributed by atoms with Crippen LogP contribution in [0, 0.1) is 5.92 Å². The van der Waals surface area contributed by atoms with Crippen LogP contribution >= 0.6 is 0 Å². The standard InChI is InChI=1S/C6H11F2NO4S/c1-3(5(10)11)4(2)9-14(12,13)6(7)8/h3-4,6,9H,1-2H3,(H,10,11). The van der Waals surface area contributed by atoms with Crippen LogP contribution in [0.25, 0.3) is 0 Å². The Kier molecular flexibility index (Phi) is 4.40. The Morgan fingerprint density at radius 3 is 2.07 bits per heavy atom. The van der Waals surface area contributed by atoms with Gasteiger partial charge in [-0.2, -0.15) is 8.78 Å². The van der Waals surface area contributed by atoms with E-state index in [1.165, 1.54) is 13.8 Å². The summed E-state index contributed by atoms with van der Waals surface area (Å²) >= 11 is 0. The highest BCUT2D eigenvalue weighted by molar-refractivity contribution is 7.89. The molecule has 2 N–H and O–H groups in total. The Morgan fingerprint density at radius 2 is 1.79 bits per heavy atom. The maximum atomic E-state index is 11.8. The van der Waals surface area contributed by atoms with E-state index in [4.69, 9.17) is 5.11 Å². The fraction of sp³-hybridized carbons (Fsp3) is 0.833. The zero-order valence-electron chi connectivity index (χ0n) is 7.57. The molecule has 0 aromatic rings. The Balaban J connectivity index is 4.48. The van der Waals surface area contributed by atoms with Gasteiger partial charge in [-0.15, -0.1) is 0 Å². The maximum Gasteiger partial charge on any atom is 0.350 e. The SMILES string of the molecule is CC(NS(=O)(=O)C(F)F)C(C)C(=O)O. The van der Waals surface area contributed by atoms with Crippen LogP contribution in [-0.2, 0) is 14.8 Å². The van der Waals surface area contributed by atoms with Gasteiger partial charge in [0.2, 0.25) is 0 Å². The van der Waals surface area contributed by atoms with Crippen molar-refractivity contribution >= 4 is 16.0 Å². The van der Waals surface area contributed by atoms with Crippen molar-refractivity contribution in [3.63, 3.8) is 0 Å². The molecule has 8 heteroatoms. The summed E-state index contributed by atoms with van der Waals surface area (Å²) < 4.78 is 46.5. The third-order valence-electron chi connectivity index (χ3n) is 1.72. The number of aliphatic carboxylic acids is 1. The number of alkyl halides is 2. The zero-order valence-corrected chi connectivity index (χ0v) is 8.38. The van der Waals surface area contributed by atoms with E-state index in [9.17, 15) is 22.0 Å². The van der Waals surface area contributed by atoms with E-state index in [0.29, 0.717) is 0 Å². The first-order chi connectivity index (χ1) is 6.18. The highest BCUT2D eigenvalue weighted by atomic mass is 32.2. The van der Waals surface area contributed by atoms with Crippen molar-refractivity contribution in [2.45, 2.75) is 25.6 Å². The lowest BCUT2D eigenvalue weighted by atomic mass is 10.1. The molecule has 0 bridgehead atoms. The molecule has 0 aliphatic heterocycles. The van der Waals surface area contributed by atoms with Crippen LogP contribution in [0.3, 0.4) is 0 Å². The molecule has 0 saturated carbocycles. The lowest BCUT2D eigenvalue weighted by Crippen LogP contribution is -2.42. The van der Waals surface area contributed by atoms with Crippen LogP contribution in [0.1, 0.15) is 13.8 Å². The minimum absolute atomic E-state index is 1.07. The normalized spacial score (nSPS) is 16.6. The molecule has 2 unspecified atom stereocenters. The second kappa shape index (κ2) is 4.65. The van der Waals surface area contributed by atoms with Gasteiger partial charge < -0.3 is 5.11 Å². The third kappa shape index (κ3) is 3.54. The van der Waals surface area contributed by atoms with Crippen LogP contribution in [0.5, 0.6) is 0 Å². The van der Waals surface area contributed by atoms with Gasteiger partial charge in [0, 0.05) is 6.04 Å². The fourth-order valence-electron chi connectivity index (χ4n) is 0.626. The molecule has 0 aliphatic carbocycles. The molecule has 0 saturated heterocycles. The first kappa shape index (κ1) is 13.2. The molecule has 0 rings (SSSR count). The van der Waals surface area contributed by atoms with Gasteiger partial charge in [0.15, 0.2) is 0 Å². The first-order valence-electron chi connectivity index (χ1n) is 3.70. The predicted molar refractivity (Wildman–Crippen MR) is 44.3 cm³/mol. The van der Waals surface area contributed by atoms with Gasteiger partial charge in [0.1, 0.15) is 0 Å². The smallest absolute Gasteiger partial charge is 0.350 e. The summed E-state index contributed by atoms with van der Waals surface area (Å²) in [6.45, 7) is 2.43. The van der Waals surface area contributed by atoms with E-state index in [1.807, 2.05) is 0 Å². The van der Waals surface area contributed by atoms with Crippen molar-refractivity contribution in [1.29, 1.82) is 0 Å². The molecule has 14 heavy (non-hydrogen) atoms. The summed E-state index contributed by atoms with van der Waals surface area (Å²) in [5, 5.41) is 8.47. The number of carboxylic acid groups (broad SMARTS) is 1. The van der Waals surface area contributed by atoms with Crippen molar-refractivity contribution in [3.05, 3.63) is 0 Å². The Hall–Kier alpha value is -0.760. The Bertz CT molecular complexity index is 303. The molecule has 5 nitrogen and oxygen atoms in total. The molecule has 0 heterocycles. The monoisotopic (exact) mass is 231 g/mol. The van der Waals surface area contributed by atoms with Crippen molar-refractivity contribution in [2.24, 2.45) is 5.92 Å². The molecule has 0 radical (unpaired) electrons. The topological polar surface area (TPSA) is 83.5 Å². The second-order valence-electron chi connectivity index (χ2n) is 2.84. The lowest BCUT2D eigenvalue weighted by Gasteiger charge is -2.17. The van der Waals surface area contributed by atoms with Gasteiger partial charge in [0.25, 0.3) is 10.0 Å². The molecule has 0 amide bonds. The summed E-state index contributed by atoms with van der Waals surface area (Å²) in [7, 11) is -4.72. The van der Waals surface area contributed by atoms with Crippen LogP contribution < -0.4 is 4.72 Å². The highest BCUT2D eigenvalue weighted by Crippen LogP contribution is 2.08. The number of hydrogen-bond acceptors (Lipinski definition) is 3. The maximum absolute atomic E-state index is 11.8. The van der Waals surface area contributed by atoms with Crippen LogP contribution in [-0.4, -0.2) is 31.3 Å². The summed E-state index contributed by atoms with van der Waals surface area (Å²) in [6, 6.07) is -1.08. The summed E-state index contributed by atoms with van der Waals surface area (Å²) in [4.78, 5) is 10.4. The Labute approximate surface area is 80.2 Å². The van der Waals surface area contributed by atoms with Gasteiger partial charge in [-0.05, 0) is 6.92 Å². The fourth-order valence-corrected chi connectivity index (χ4v) is 1.45. The van der Waals surface area contributed by atoms with E-state index in [0.717, 1.165) is 0 Å². The van der Waals surface area contributed by atoms with E-state index >= 15 is 0 Å². The quantitative estimate of drug-likeness (QED) is 0.709. The summed E-state index contributed by atoms with van der Waals surface area (Å²) in [6.07, 6.45) is 0. The van der Waals surface area contributed by atoms with Gasteiger partial charge in [-0.25, -0.2) is 13.1 Å². The molecule has 0 aromatic heterocycles. The van der Waals surface area contributed by atoms with Crippen molar-refractivity contribution < 1.29 is 27.1 Å². The number of sulfonamides is 1. The Morgan fingerprint density at radius 1 is 1.36 bits per heavy atom. The predicted octanol–water partition coefficient (Wildman–Crippen LogP) is 0.238. The minimum atomic E-state index is -4.72. The zero-order chi connectivity index (χ0) is 11.5. The van der Waals surface area contributed by atoms with Crippen molar-refractivity contribution in [3.8, 4) is 0 Å². The first-order valence-corrected chi connectivity index (χ1v) is 5.25. The second-order valence-corrected chi connectivity index (χ2v) is 4.52. The molecule has 0 spiro atoms. The number of carboxylic acids is 1. The largest absolute Gasteiger partial charge is 0.481 e. The average molecular weight is 231 g/mol. The average Bonchev–Trinajstić information content (AvgIpc) is 2.01. The molecular weight excluding hydrogens is 220 g/mol. The van der Waals surface area contributed by atoms with Crippen molar-refractivity contribution in [2.75, 3.05) is 0 Å². The minimum Gasteiger partial charge on any atom is -0.481 e. The number of hydrogen-bond donors (Lipinski definition) is 2. The van der Waals surface area contributed by atoms with Gasteiger partial charge in [-0.1, -0.05) is 6.92 Å². The number of nitrogens with one attached hydrogen (secondary N) is 1. The van der Waals surface area contributed by atoms with Gasteiger partial charge in [-0.3, -0.25) is 4.79 Å². The van der Waals surface area contributed by atoms with E-state index in [1.54, 1.807) is 4.72 Å². The molecule has 2 atom stereocenters. The van der Waals surface area contributed by atoms with Gasteiger partial charge in [0.05, 0.1) is 5.92 Å². The molecule has 0 aromatic carbocycles. The number of halogens is 2. The summed E-state index contributed by atoms with van der Waals surface area (Å²) in [5.41, 5.74) is 0. The van der Waals surface area contributed by atoms with E-state index < -0.39 is 33.7 Å². The molecular formula is C6H11F2NO4S. The molecule has 84 valence electrons. The highest BCUT2D eigenvalue weighted by Gasteiger charge is 2.29. The van der Waals surface area contributed by atoms with Crippen LogP contribution in [0.2, 0.25) is 0 Å². The number of carbonyl (C=O) groups is 1.